The van der Waals surface area contributed by atoms with E-state index in [2.05, 4.69) is 17.4 Å². The summed E-state index contributed by atoms with van der Waals surface area (Å²) in [6, 6.07) is 6.08. The molecule has 20 heavy (non-hydrogen) atoms. The maximum absolute atomic E-state index is 5.31. The Morgan fingerprint density at radius 2 is 1.80 bits per heavy atom. The van der Waals surface area contributed by atoms with E-state index in [0.29, 0.717) is 0 Å². The van der Waals surface area contributed by atoms with E-state index >= 15 is 0 Å². The summed E-state index contributed by atoms with van der Waals surface area (Å²) in [5.74, 6) is 4.65. The Labute approximate surface area is 121 Å². The van der Waals surface area contributed by atoms with E-state index in [-0.39, 0.29) is 0 Å². The van der Waals surface area contributed by atoms with Crippen LogP contribution in [0.15, 0.2) is 18.2 Å². The summed E-state index contributed by atoms with van der Waals surface area (Å²) in [5, 5.41) is 3.62. The summed E-state index contributed by atoms with van der Waals surface area (Å²) in [6.07, 6.45) is 5.87. The van der Waals surface area contributed by atoms with Crippen LogP contribution in [-0.4, -0.2) is 20.8 Å². The van der Waals surface area contributed by atoms with Crippen molar-refractivity contribution in [1.29, 1.82) is 0 Å². The molecule has 2 aliphatic rings. The molecule has 3 nitrogen and oxygen atoms in total. The van der Waals surface area contributed by atoms with Gasteiger partial charge in [0.25, 0.3) is 0 Å². The molecule has 0 spiro atoms. The average molecular weight is 275 g/mol. The molecule has 2 fully saturated rings. The van der Waals surface area contributed by atoms with Gasteiger partial charge in [-0.1, -0.05) is 6.42 Å². The van der Waals surface area contributed by atoms with E-state index in [1.807, 2.05) is 6.07 Å². The van der Waals surface area contributed by atoms with Crippen LogP contribution in [0.2, 0.25) is 0 Å². The molecule has 3 atom stereocenters. The van der Waals surface area contributed by atoms with Crippen molar-refractivity contribution in [2.24, 2.45) is 17.8 Å². The molecule has 2 saturated carbocycles. The maximum Gasteiger partial charge on any atom is 0.122 e. The lowest BCUT2D eigenvalue weighted by atomic mass is 9.89. The van der Waals surface area contributed by atoms with Gasteiger partial charge in [0.15, 0.2) is 0 Å². The third-order valence-corrected chi connectivity index (χ3v) is 5.03. The largest absolute Gasteiger partial charge is 0.497 e. The fourth-order valence-corrected chi connectivity index (χ4v) is 4.00. The first-order valence-corrected chi connectivity index (χ1v) is 7.71. The summed E-state index contributed by atoms with van der Waals surface area (Å²) < 4.78 is 10.6. The van der Waals surface area contributed by atoms with Crippen LogP contribution in [0.4, 0.5) is 0 Å². The highest BCUT2D eigenvalue weighted by atomic mass is 16.5. The second-order valence-electron chi connectivity index (χ2n) is 6.29. The number of nitrogens with one attached hydrogen (secondary N) is 1. The Kier molecular flexibility index (Phi) is 4.16. The van der Waals surface area contributed by atoms with Crippen molar-refractivity contribution in [2.45, 2.75) is 32.2 Å². The van der Waals surface area contributed by atoms with E-state index in [9.17, 15) is 0 Å². The summed E-state index contributed by atoms with van der Waals surface area (Å²) in [7, 11) is 3.39. The molecule has 3 unspecified atom stereocenters. The zero-order valence-electron chi connectivity index (χ0n) is 12.5. The molecular weight excluding hydrogens is 250 g/mol. The van der Waals surface area contributed by atoms with Gasteiger partial charge < -0.3 is 14.8 Å². The van der Waals surface area contributed by atoms with E-state index in [1.165, 1.54) is 31.2 Å². The summed E-state index contributed by atoms with van der Waals surface area (Å²) in [6.45, 7) is 2.04. The Bertz CT molecular complexity index is 438. The molecule has 110 valence electrons. The summed E-state index contributed by atoms with van der Waals surface area (Å²) in [5.41, 5.74) is 1.23. The molecule has 1 aromatic carbocycles. The second kappa shape index (κ2) is 6.04. The molecule has 0 radical (unpaired) electrons. The van der Waals surface area contributed by atoms with Crippen LogP contribution < -0.4 is 14.8 Å². The van der Waals surface area contributed by atoms with Crippen molar-refractivity contribution in [1.82, 2.24) is 5.32 Å². The lowest BCUT2D eigenvalue weighted by Crippen LogP contribution is -2.26. The average Bonchev–Trinajstić information content (AvgIpc) is 3.09. The lowest BCUT2D eigenvalue weighted by Gasteiger charge is -2.22. The normalized spacial score (nSPS) is 27.8. The fourth-order valence-electron chi connectivity index (χ4n) is 4.00. The zero-order chi connectivity index (χ0) is 13.9. The predicted molar refractivity (Wildman–Crippen MR) is 80.2 cm³/mol. The van der Waals surface area contributed by atoms with Gasteiger partial charge in [-0.15, -0.1) is 0 Å². The van der Waals surface area contributed by atoms with Crippen LogP contribution in [0.5, 0.6) is 11.5 Å². The Hall–Kier alpha value is -1.22. The SMILES string of the molecule is COc1cc(CNCC2CC3CCC2C3)cc(OC)c1. The molecule has 1 N–H and O–H groups in total. The molecule has 0 heterocycles. The highest BCUT2D eigenvalue weighted by Gasteiger charge is 2.38. The minimum absolute atomic E-state index is 0.862. The molecule has 0 amide bonds. The Morgan fingerprint density at radius 3 is 2.35 bits per heavy atom. The highest BCUT2D eigenvalue weighted by molar-refractivity contribution is 5.38. The van der Waals surface area contributed by atoms with Crippen molar-refractivity contribution in [3.63, 3.8) is 0 Å². The minimum atomic E-state index is 0.862. The molecule has 0 aliphatic heterocycles. The smallest absolute Gasteiger partial charge is 0.122 e. The third-order valence-electron chi connectivity index (χ3n) is 5.03. The van der Waals surface area contributed by atoms with Gasteiger partial charge in [0.1, 0.15) is 11.5 Å². The van der Waals surface area contributed by atoms with Gasteiger partial charge in [0.2, 0.25) is 0 Å². The predicted octanol–water partition coefficient (Wildman–Crippen LogP) is 3.23. The molecule has 0 saturated heterocycles. The van der Waals surface area contributed by atoms with Gasteiger partial charge in [-0.2, -0.15) is 0 Å². The minimum Gasteiger partial charge on any atom is -0.497 e. The number of hydrogen-bond donors (Lipinski definition) is 1. The number of methoxy groups -OCH3 is 2. The van der Waals surface area contributed by atoms with Gasteiger partial charge >= 0.3 is 0 Å². The molecule has 3 heteroatoms. The van der Waals surface area contributed by atoms with Gasteiger partial charge in [-0.3, -0.25) is 0 Å². The maximum atomic E-state index is 5.31. The van der Waals surface area contributed by atoms with Gasteiger partial charge in [0, 0.05) is 12.6 Å². The van der Waals surface area contributed by atoms with Crippen LogP contribution in [-0.2, 0) is 6.54 Å². The second-order valence-corrected chi connectivity index (χ2v) is 6.29. The van der Waals surface area contributed by atoms with Crippen molar-refractivity contribution < 1.29 is 9.47 Å². The monoisotopic (exact) mass is 275 g/mol. The molecule has 2 bridgehead atoms. The van der Waals surface area contributed by atoms with Crippen molar-refractivity contribution in [3.8, 4) is 11.5 Å². The van der Waals surface area contributed by atoms with Crippen molar-refractivity contribution in [2.75, 3.05) is 20.8 Å². The standard InChI is InChI=1S/C17H25NO2/c1-19-16-7-13(8-17(9-16)20-2)10-18-11-15-6-12-3-4-14(15)5-12/h7-9,12,14-15,18H,3-6,10-11H2,1-2H3. The van der Waals surface area contributed by atoms with Crippen LogP contribution >= 0.6 is 0 Å². The number of hydrogen-bond acceptors (Lipinski definition) is 3. The fraction of sp³-hybridized carbons (Fsp3) is 0.647. The van der Waals surface area contributed by atoms with Gasteiger partial charge in [-0.05, 0) is 61.3 Å². The van der Waals surface area contributed by atoms with E-state index < -0.39 is 0 Å². The first-order valence-electron chi connectivity index (χ1n) is 7.71. The van der Waals surface area contributed by atoms with Crippen LogP contribution in [0.3, 0.4) is 0 Å². The van der Waals surface area contributed by atoms with E-state index in [0.717, 1.165) is 42.3 Å². The molecule has 3 rings (SSSR count). The number of ether oxygens (including phenoxy) is 2. The third kappa shape index (κ3) is 2.93. The first kappa shape index (κ1) is 13.7. The Morgan fingerprint density at radius 1 is 1.05 bits per heavy atom. The zero-order valence-corrected chi connectivity index (χ0v) is 12.5. The van der Waals surface area contributed by atoms with Gasteiger partial charge in [0.05, 0.1) is 14.2 Å². The van der Waals surface area contributed by atoms with Crippen LogP contribution in [0.25, 0.3) is 0 Å². The molecular formula is C17H25NO2. The lowest BCUT2D eigenvalue weighted by molar-refractivity contribution is 0.318. The number of fused-ring (bicyclic) bond motifs is 2. The number of benzene rings is 1. The van der Waals surface area contributed by atoms with Crippen LogP contribution in [0.1, 0.15) is 31.2 Å². The summed E-state index contributed by atoms with van der Waals surface area (Å²) in [4.78, 5) is 0. The highest BCUT2D eigenvalue weighted by Crippen LogP contribution is 2.47. The molecule has 1 aromatic rings. The topological polar surface area (TPSA) is 30.5 Å². The summed E-state index contributed by atoms with van der Waals surface area (Å²) >= 11 is 0. The van der Waals surface area contributed by atoms with Gasteiger partial charge in [-0.25, -0.2) is 0 Å². The van der Waals surface area contributed by atoms with E-state index in [1.54, 1.807) is 14.2 Å². The number of rotatable bonds is 6. The Balaban J connectivity index is 1.53. The molecule has 0 aromatic heterocycles. The van der Waals surface area contributed by atoms with Crippen LogP contribution in [0, 0.1) is 17.8 Å². The van der Waals surface area contributed by atoms with Crippen molar-refractivity contribution in [3.05, 3.63) is 23.8 Å². The molecule has 2 aliphatic carbocycles. The quantitative estimate of drug-likeness (QED) is 0.864. The van der Waals surface area contributed by atoms with E-state index in [4.69, 9.17) is 9.47 Å². The first-order chi connectivity index (χ1) is 9.78. The van der Waals surface area contributed by atoms with Crippen molar-refractivity contribution >= 4 is 0 Å².